The fraction of sp³-hybridized carbons (Fsp3) is 0.676. The summed E-state index contributed by atoms with van der Waals surface area (Å²) in [6.07, 6.45) is 2.05. The highest BCUT2D eigenvalue weighted by atomic mass is 16.4. The highest BCUT2D eigenvalue weighted by Crippen LogP contribution is 2.22. The van der Waals surface area contributed by atoms with Crippen LogP contribution in [0.15, 0.2) is 30.3 Å². The predicted octanol–water partition coefficient (Wildman–Crippen LogP) is 2.37. The molecule has 5 amide bonds. The van der Waals surface area contributed by atoms with E-state index < -0.39 is 71.8 Å². The third kappa shape index (κ3) is 13.4. The fourth-order valence-electron chi connectivity index (χ4n) is 6.13. The molecule has 1 aliphatic rings. The van der Waals surface area contributed by atoms with Crippen LogP contribution in [0.3, 0.4) is 0 Å². The van der Waals surface area contributed by atoms with Gasteiger partial charge in [-0.15, -0.1) is 0 Å². The summed E-state index contributed by atoms with van der Waals surface area (Å²) < 4.78 is 0. The van der Waals surface area contributed by atoms with Gasteiger partial charge in [-0.3, -0.25) is 24.0 Å². The van der Waals surface area contributed by atoms with Crippen molar-refractivity contribution in [3.63, 3.8) is 0 Å². The highest BCUT2D eigenvalue weighted by molar-refractivity contribution is 5.96. The number of carboxylic acid groups (broad SMARTS) is 1. The number of carboxylic acids is 1. The van der Waals surface area contributed by atoms with Gasteiger partial charge in [-0.25, -0.2) is 4.79 Å². The Hall–Kier alpha value is -4.00. The molecule has 0 unspecified atom stereocenters. The number of nitrogens with one attached hydrogen (secondary N) is 4. The first-order valence-electron chi connectivity index (χ1n) is 17.9. The summed E-state index contributed by atoms with van der Waals surface area (Å²) in [5.74, 6) is -3.99. The molecule has 0 spiro atoms. The molecule has 280 valence electrons. The Morgan fingerprint density at radius 3 is 1.74 bits per heavy atom. The second-order valence-corrected chi connectivity index (χ2v) is 15.1. The van der Waals surface area contributed by atoms with Crippen molar-refractivity contribution in [2.75, 3.05) is 6.54 Å². The van der Waals surface area contributed by atoms with Gasteiger partial charge in [0.2, 0.25) is 29.5 Å². The number of nitrogens with two attached hydrogens (primary N) is 1. The largest absolute Gasteiger partial charge is 0.480 e. The lowest BCUT2D eigenvalue weighted by atomic mass is 9.98. The van der Waals surface area contributed by atoms with Gasteiger partial charge in [-0.1, -0.05) is 85.7 Å². The van der Waals surface area contributed by atoms with Gasteiger partial charge in [0.05, 0.1) is 6.04 Å². The van der Waals surface area contributed by atoms with Gasteiger partial charge in [0.25, 0.3) is 0 Å². The van der Waals surface area contributed by atoms with Crippen LogP contribution in [0.1, 0.15) is 93.1 Å². The van der Waals surface area contributed by atoms with E-state index in [1.807, 2.05) is 71.9 Å². The van der Waals surface area contributed by atoms with Gasteiger partial charge < -0.3 is 37.0 Å². The lowest BCUT2D eigenvalue weighted by Gasteiger charge is -2.32. The molecule has 0 aromatic heterocycles. The van der Waals surface area contributed by atoms with Crippen LogP contribution in [0, 0.1) is 23.7 Å². The van der Waals surface area contributed by atoms with E-state index in [-0.39, 0.29) is 43.1 Å². The zero-order valence-corrected chi connectivity index (χ0v) is 31.0. The van der Waals surface area contributed by atoms with E-state index in [1.165, 1.54) is 4.90 Å². The van der Waals surface area contributed by atoms with Gasteiger partial charge in [0.15, 0.2) is 0 Å². The highest BCUT2D eigenvalue weighted by Gasteiger charge is 2.40. The van der Waals surface area contributed by atoms with Gasteiger partial charge >= 0.3 is 5.97 Å². The maximum atomic E-state index is 13.9. The fourth-order valence-corrected chi connectivity index (χ4v) is 6.13. The summed E-state index contributed by atoms with van der Waals surface area (Å²) in [7, 11) is 0. The van der Waals surface area contributed by atoms with E-state index in [0.717, 1.165) is 5.56 Å². The molecule has 0 radical (unpaired) electrons. The number of rotatable bonds is 19. The maximum Gasteiger partial charge on any atom is 0.326 e. The number of amides is 5. The topological polar surface area (TPSA) is 200 Å². The molecule has 2 rings (SSSR count). The van der Waals surface area contributed by atoms with Crippen molar-refractivity contribution >= 4 is 35.5 Å². The molecule has 13 nitrogen and oxygen atoms in total. The van der Waals surface area contributed by atoms with Crippen molar-refractivity contribution < 1.29 is 33.9 Å². The Bertz CT molecular complexity index is 1300. The van der Waals surface area contributed by atoms with Crippen LogP contribution >= 0.6 is 0 Å². The number of hydrogen-bond acceptors (Lipinski definition) is 7. The summed E-state index contributed by atoms with van der Waals surface area (Å²) in [4.78, 5) is 80.9. The Morgan fingerprint density at radius 1 is 0.740 bits per heavy atom. The Kier molecular flexibility index (Phi) is 16.9. The maximum absolute atomic E-state index is 13.9. The molecule has 1 heterocycles. The number of hydrogen-bond donors (Lipinski definition) is 6. The third-order valence-electron chi connectivity index (χ3n) is 8.71. The minimum Gasteiger partial charge on any atom is -0.480 e. The normalized spacial score (nSPS) is 17.6. The molecule has 0 aliphatic carbocycles. The van der Waals surface area contributed by atoms with Crippen molar-refractivity contribution in [1.29, 1.82) is 0 Å². The molecule has 0 bridgehead atoms. The van der Waals surface area contributed by atoms with E-state index in [0.29, 0.717) is 25.7 Å². The quantitative estimate of drug-likeness (QED) is 0.126. The van der Waals surface area contributed by atoms with E-state index in [1.54, 1.807) is 13.8 Å². The van der Waals surface area contributed by atoms with E-state index >= 15 is 0 Å². The predicted molar refractivity (Wildman–Crippen MR) is 191 cm³/mol. The van der Waals surface area contributed by atoms with Crippen LogP contribution in [0.2, 0.25) is 0 Å². The second-order valence-electron chi connectivity index (χ2n) is 15.1. The molecule has 7 N–H and O–H groups in total. The van der Waals surface area contributed by atoms with Crippen LogP contribution in [0.4, 0.5) is 0 Å². The monoisotopic (exact) mass is 700 g/mol. The van der Waals surface area contributed by atoms with Crippen molar-refractivity contribution in [2.24, 2.45) is 29.4 Å². The summed E-state index contributed by atoms with van der Waals surface area (Å²) in [6.45, 7) is 15.2. The van der Waals surface area contributed by atoms with Gasteiger partial charge in [0, 0.05) is 6.54 Å². The van der Waals surface area contributed by atoms with E-state index in [2.05, 4.69) is 21.3 Å². The molecule has 1 aromatic carbocycles. The number of nitrogens with zero attached hydrogens (tertiary/aromatic N) is 1. The standard InChI is InChI=1S/C37H60N6O7/c1-21(2)17-27(39-32(44)26(38)20-25-13-10-9-11-14-25)33(45)40-28(18-22(3)4)34(46)42-31(24(7)8)36(48)43-16-12-15-30(43)35(47)41-29(37(49)50)19-23(5)6/h9-11,13-14,21-24,26-31H,12,15-20,38H2,1-8H3,(H,39,44)(H,40,45)(H,41,47)(H,42,46)(H,49,50)/t26-,27-,28-,29-,30+,31-/m0/s1. The summed E-state index contributed by atoms with van der Waals surface area (Å²) in [5, 5.41) is 20.7. The first-order chi connectivity index (χ1) is 23.4. The van der Waals surface area contributed by atoms with Crippen molar-refractivity contribution in [3.8, 4) is 0 Å². The van der Waals surface area contributed by atoms with Crippen molar-refractivity contribution in [2.45, 2.75) is 130 Å². The first-order valence-corrected chi connectivity index (χ1v) is 17.9. The zero-order valence-electron chi connectivity index (χ0n) is 31.0. The summed E-state index contributed by atoms with van der Waals surface area (Å²) >= 11 is 0. The van der Waals surface area contributed by atoms with Crippen LogP contribution in [-0.4, -0.2) is 88.3 Å². The molecule has 6 atom stereocenters. The molecule has 1 saturated heterocycles. The minimum atomic E-state index is -1.14. The molecule has 13 heteroatoms. The third-order valence-corrected chi connectivity index (χ3v) is 8.71. The average Bonchev–Trinajstić information content (AvgIpc) is 3.52. The molecule has 0 saturated carbocycles. The van der Waals surface area contributed by atoms with Crippen LogP contribution < -0.4 is 27.0 Å². The average molecular weight is 701 g/mol. The number of likely N-dealkylation sites (tertiary alicyclic amines) is 1. The summed E-state index contributed by atoms with van der Waals surface area (Å²) in [6, 6.07) is 3.55. The molecule has 50 heavy (non-hydrogen) atoms. The molecule has 1 aromatic rings. The molecule has 1 aliphatic heterocycles. The van der Waals surface area contributed by atoms with E-state index in [4.69, 9.17) is 5.73 Å². The lowest BCUT2D eigenvalue weighted by Crippen LogP contribution is -2.60. The first kappa shape index (κ1) is 42.2. The Morgan fingerprint density at radius 2 is 1.24 bits per heavy atom. The van der Waals surface area contributed by atoms with Crippen molar-refractivity contribution in [1.82, 2.24) is 26.2 Å². The number of carbonyl (C=O) groups is 6. The van der Waals surface area contributed by atoms with Crippen LogP contribution in [0.5, 0.6) is 0 Å². The van der Waals surface area contributed by atoms with Crippen LogP contribution in [0.25, 0.3) is 0 Å². The summed E-state index contributed by atoms with van der Waals surface area (Å²) in [5.41, 5.74) is 7.08. The van der Waals surface area contributed by atoms with Crippen molar-refractivity contribution in [3.05, 3.63) is 35.9 Å². The Balaban J connectivity index is 2.20. The minimum absolute atomic E-state index is 0.00337. The van der Waals surface area contributed by atoms with Crippen LogP contribution in [-0.2, 0) is 35.2 Å². The van der Waals surface area contributed by atoms with Gasteiger partial charge in [-0.05, 0) is 67.8 Å². The van der Waals surface area contributed by atoms with Gasteiger partial charge in [-0.2, -0.15) is 0 Å². The van der Waals surface area contributed by atoms with Gasteiger partial charge in [0.1, 0.15) is 30.2 Å². The molecular weight excluding hydrogens is 640 g/mol. The number of carbonyl (C=O) groups excluding carboxylic acids is 5. The SMILES string of the molecule is CC(C)C[C@H](NC(=O)[C@H]1CCCN1C(=O)[C@@H](NC(=O)[C@H](CC(C)C)NC(=O)[C@H](CC(C)C)NC(=O)[C@@H](N)Cc1ccccc1)C(C)C)C(=O)O. The molecule has 1 fully saturated rings. The Labute approximate surface area is 297 Å². The number of aliphatic carboxylic acids is 1. The lowest BCUT2D eigenvalue weighted by molar-refractivity contribution is -0.145. The smallest absolute Gasteiger partial charge is 0.326 e. The van der Waals surface area contributed by atoms with E-state index in [9.17, 15) is 33.9 Å². The molecular formula is C37H60N6O7. The zero-order chi connectivity index (χ0) is 37.7. The number of benzene rings is 1. The second kappa shape index (κ2) is 20.0.